The second-order valence-electron chi connectivity index (χ2n) is 9.14. The molecular weight excluding hydrogens is 340 g/mol. The lowest BCUT2D eigenvalue weighted by molar-refractivity contribution is -0.142. The fourth-order valence-electron chi connectivity index (χ4n) is 4.65. The first kappa shape index (κ1) is 21.9. The van der Waals surface area contributed by atoms with Gasteiger partial charge in [-0.05, 0) is 73.6 Å². The Balaban J connectivity index is 2.16. The van der Waals surface area contributed by atoms with Crippen LogP contribution in [0.15, 0.2) is 12.2 Å². The van der Waals surface area contributed by atoms with E-state index < -0.39 is 0 Å². The third-order valence-electron chi connectivity index (χ3n) is 5.77. The number of nitrogens with zero attached hydrogens (tertiary/aromatic N) is 2. The summed E-state index contributed by atoms with van der Waals surface area (Å²) in [5, 5.41) is 3.95. The highest BCUT2D eigenvalue weighted by atomic mass is 16.2. The molecule has 27 heavy (non-hydrogen) atoms. The van der Waals surface area contributed by atoms with Gasteiger partial charge in [0.2, 0.25) is 11.8 Å². The van der Waals surface area contributed by atoms with Crippen molar-refractivity contribution in [3.8, 4) is 0 Å². The molecule has 0 saturated heterocycles. The minimum absolute atomic E-state index is 0.0324. The quantitative estimate of drug-likeness (QED) is 0.503. The highest BCUT2D eigenvalue weighted by Crippen LogP contribution is 2.48. The topological polar surface area (TPSA) is 64.7 Å². The van der Waals surface area contributed by atoms with E-state index >= 15 is 0 Å². The Kier molecular flexibility index (Phi) is 7.09. The van der Waals surface area contributed by atoms with Crippen LogP contribution in [0, 0.1) is 23.7 Å². The highest BCUT2D eigenvalue weighted by Gasteiger charge is 2.52. The number of hydrogen-bond donors (Lipinski definition) is 2. The van der Waals surface area contributed by atoms with Crippen molar-refractivity contribution in [2.24, 2.45) is 23.7 Å². The molecule has 4 atom stereocenters. The molecule has 154 valence electrons. The monoisotopic (exact) mass is 378 g/mol. The molecule has 0 aromatic rings. The Morgan fingerprint density at radius 2 is 1.00 bits per heavy atom. The Morgan fingerprint density at radius 1 is 0.704 bits per heavy atom. The van der Waals surface area contributed by atoms with Gasteiger partial charge in [-0.15, -0.1) is 0 Å². The molecule has 2 bridgehead atoms. The first-order valence-corrected chi connectivity index (χ1v) is 10.4. The molecule has 0 aromatic heterocycles. The molecule has 0 unspecified atom stereocenters. The van der Waals surface area contributed by atoms with E-state index in [0.717, 1.165) is 6.42 Å². The zero-order chi connectivity index (χ0) is 20.5. The molecule has 2 aliphatic rings. The number of carbonyl (C=O) groups excluding carboxylic acids is 2. The maximum Gasteiger partial charge on any atom is 0.238 e. The summed E-state index contributed by atoms with van der Waals surface area (Å²) in [5.74, 6) is -0.371. The lowest BCUT2D eigenvalue weighted by Crippen LogP contribution is -2.56. The third kappa shape index (κ3) is 4.72. The van der Waals surface area contributed by atoms with Crippen molar-refractivity contribution in [1.29, 1.82) is 0 Å². The van der Waals surface area contributed by atoms with E-state index in [1.165, 1.54) is 0 Å². The summed E-state index contributed by atoms with van der Waals surface area (Å²) in [6.45, 7) is 16.5. The molecule has 1 saturated carbocycles. The van der Waals surface area contributed by atoms with Crippen molar-refractivity contribution < 1.29 is 9.59 Å². The van der Waals surface area contributed by atoms with Crippen molar-refractivity contribution in [3.05, 3.63) is 12.2 Å². The standard InChI is InChI=1S/C21H38N4O2/c1-12(2)24(13(3)4)22-20(26)18-16-9-10-17(11-16)19(18)21(27)23-25(14(5)6)15(7)8/h9-10,12-19H,11H2,1-8H3,(H,22,26)(H,23,27)/t16-,17-,18-,19-/m0/s1. The fourth-order valence-corrected chi connectivity index (χ4v) is 4.65. The Morgan fingerprint density at radius 3 is 1.26 bits per heavy atom. The van der Waals surface area contributed by atoms with Crippen LogP contribution in [0.3, 0.4) is 0 Å². The summed E-state index contributed by atoms with van der Waals surface area (Å²) in [5.41, 5.74) is 6.19. The highest BCUT2D eigenvalue weighted by molar-refractivity contribution is 5.89. The van der Waals surface area contributed by atoms with E-state index in [9.17, 15) is 9.59 Å². The summed E-state index contributed by atoms with van der Waals surface area (Å²) in [7, 11) is 0. The average Bonchev–Trinajstić information content (AvgIpc) is 3.16. The molecule has 0 spiro atoms. The lowest BCUT2D eigenvalue weighted by atomic mass is 9.82. The number of nitrogens with one attached hydrogen (secondary N) is 2. The van der Waals surface area contributed by atoms with Gasteiger partial charge in [-0.1, -0.05) is 12.2 Å². The van der Waals surface area contributed by atoms with Gasteiger partial charge in [0.05, 0.1) is 11.8 Å². The molecule has 2 amide bonds. The van der Waals surface area contributed by atoms with Gasteiger partial charge in [-0.3, -0.25) is 20.4 Å². The predicted molar refractivity (Wildman–Crippen MR) is 108 cm³/mol. The van der Waals surface area contributed by atoms with Crippen LogP contribution in [0.5, 0.6) is 0 Å². The van der Waals surface area contributed by atoms with Crippen LogP contribution in [0.4, 0.5) is 0 Å². The Hall–Kier alpha value is -1.40. The first-order valence-electron chi connectivity index (χ1n) is 10.4. The Bertz CT molecular complexity index is 507. The van der Waals surface area contributed by atoms with Crippen LogP contribution in [0.25, 0.3) is 0 Å². The van der Waals surface area contributed by atoms with E-state index in [0.29, 0.717) is 0 Å². The van der Waals surface area contributed by atoms with Crippen LogP contribution in [0.2, 0.25) is 0 Å². The zero-order valence-corrected chi connectivity index (χ0v) is 18.2. The van der Waals surface area contributed by atoms with Gasteiger partial charge in [0.1, 0.15) is 0 Å². The normalized spacial score (nSPS) is 27.0. The van der Waals surface area contributed by atoms with E-state index in [-0.39, 0.29) is 59.7 Å². The summed E-state index contributed by atoms with van der Waals surface area (Å²) in [6, 6.07) is 0.806. The van der Waals surface area contributed by atoms with E-state index in [2.05, 4.69) is 78.4 Å². The summed E-state index contributed by atoms with van der Waals surface area (Å²) in [4.78, 5) is 26.3. The number of hydrogen-bond acceptors (Lipinski definition) is 4. The van der Waals surface area contributed by atoms with Gasteiger partial charge in [0.25, 0.3) is 0 Å². The van der Waals surface area contributed by atoms with Crippen LogP contribution in [-0.2, 0) is 9.59 Å². The van der Waals surface area contributed by atoms with E-state index in [4.69, 9.17) is 0 Å². The third-order valence-corrected chi connectivity index (χ3v) is 5.77. The molecule has 0 aromatic carbocycles. The molecule has 2 N–H and O–H groups in total. The lowest BCUT2D eigenvalue weighted by Gasteiger charge is -2.36. The number of allylic oxidation sites excluding steroid dienone is 2. The van der Waals surface area contributed by atoms with Crippen molar-refractivity contribution in [2.45, 2.75) is 86.0 Å². The fraction of sp³-hybridized carbons (Fsp3) is 0.810. The average molecular weight is 379 g/mol. The van der Waals surface area contributed by atoms with Crippen LogP contribution >= 0.6 is 0 Å². The van der Waals surface area contributed by atoms with Crippen LogP contribution in [0.1, 0.15) is 61.8 Å². The largest absolute Gasteiger partial charge is 0.288 e. The molecule has 0 radical (unpaired) electrons. The number of carbonyl (C=O) groups is 2. The van der Waals surface area contributed by atoms with E-state index in [1.807, 2.05) is 10.0 Å². The van der Waals surface area contributed by atoms with Crippen molar-refractivity contribution in [1.82, 2.24) is 20.9 Å². The zero-order valence-electron chi connectivity index (χ0n) is 18.2. The van der Waals surface area contributed by atoms with E-state index in [1.54, 1.807) is 0 Å². The van der Waals surface area contributed by atoms with Crippen LogP contribution in [-0.4, -0.2) is 46.0 Å². The molecule has 0 aliphatic heterocycles. The SMILES string of the molecule is CC(C)N(NC(=O)[C@@H]1[C@@H](C(=O)NN(C(C)C)C(C)C)[C@H]2C=C[C@H]1C2)C(C)C. The number of hydrazine groups is 2. The maximum atomic E-state index is 13.1. The summed E-state index contributed by atoms with van der Waals surface area (Å²) >= 11 is 0. The summed E-state index contributed by atoms with van der Waals surface area (Å²) in [6.07, 6.45) is 5.13. The summed E-state index contributed by atoms with van der Waals surface area (Å²) < 4.78 is 0. The minimum atomic E-state index is -0.304. The first-order chi connectivity index (χ1) is 12.5. The second-order valence-corrected chi connectivity index (χ2v) is 9.14. The molecule has 6 heteroatoms. The van der Waals surface area contributed by atoms with Gasteiger partial charge in [0, 0.05) is 24.2 Å². The molecule has 2 aliphatic carbocycles. The van der Waals surface area contributed by atoms with Crippen molar-refractivity contribution in [3.63, 3.8) is 0 Å². The second kappa shape index (κ2) is 8.74. The van der Waals surface area contributed by atoms with Crippen molar-refractivity contribution in [2.75, 3.05) is 0 Å². The van der Waals surface area contributed by atoms with Gasteiger partial charge in [0.15, 0.2) is 0 Å². The predicted octanol–water partition coefficient (Wildman–Crippen LogP) is 2.72. The molecule has 0 heterocycles. The number of rotatable bonds is 8. The van der Waals surface area contributed by atoms with Gasteiger partial charge < -0.3 is 0 Å². The molecule has 2 rings (SSSR count). The van der Waals surface area contributed by atoms with Gasteiger partial charge in [-0.2, -0.15) is 0 Å². The smallest absolute Gasteiger partial charge is 0.238 e. The molecular formula is C21H38N4O2. The maximum absolute atomic E-state index is 13.1. The van der Waals surface area contributed by atoms with Crippen LogP contribution < -0.4 is 10.9 Å². The minimum Gasteiger partial charge on any atom is -0.288 e. The number of fused-ring (bicyclic) bond motifs is 2. The molecule has 6 nitrogen and oxygen atoms in total. The Labute approximate surface area is 164 Å². The van der Waals surface area contributed by atoms with Crippen molar-refractivity contribution >= 4 is 11.8 Å². The van der Waals surface area contributed by atoms with Gasteiger partial charge >= 0.3 is 0 Å². The van der Waals surface area contributed by atoms with Gasteiger partial charge in [-0.25, -0.2) is 10.0 Å². The number of amides is 2. The molecule has 1 fully saturated rings.